The molecule has 0 aromatic heterocycles. The summed E-state index contributed by atoms with van der Waals surface area (Å²) < 4.78 is 32.3. The molecule has 0 unspecified atom stereocenters. The Kier molecular flexibility index (Phi) is 5.79. The van der Waals surface area contributed by atoms with E-state index < -0.39 is 22.3 Å². The number of rotatable bonds is 3. The van der Waals surface area contributed by atoms with Crippen molar-refractivity contribution in [3.05, 3.63) is 35.4 Å². The van der Waals surface area contributed by atoms with Crippen LogP contribution in [0.5, 0.6) is 0 Å². The smallest absolute Gasteiger partial charge is 0.545 e. The quantitative estimate of drug-likeness (QED) is 0.438. The van der Waals surface area contributed by atoms with Crippen molar-refractivity contribution >= 4 is 22.3 Å². The minimum Gasteiger partial charge on any atom is -0.545 e. The third kappa shape index (κ3) is 5.29. The fourth-order valence-corrected chi connectivity index (χ4v) is 1.20. The Hall–Kier alpha value is -0.930. The summed E-state index contributed by atoms with van der Waals surface area (Å²) in [5.74, 6) is -2.91. The van der Waals surface area contributed by atoms with Crippen LogP contribution in [0.2, 0.25) is 0 Å². The first-order valence-electron chi connectivity index (χ1n) is 3.82. The molecule has 0 spiro atoms. The van der Waals surface area contributed by atoms with Crippen LogP contribution in [0.1, 0.15) is 20.7 Å². The average molecular weight is 268 g/mol. The van der Waals surface area contributed by atoms with E-state index in [1.54, 1.807) is 0 Å². The van der Waals surface area contributed by atoms with E-state index in [-0.39, 0.29) is 40.7 Å². The van der Waals surface area contributed by atoms with Crippen molar-refractivity contribution in [3.63, 3.8) is 0 Å². The molecule has 0 bridgehead atoms. The number of carbonyl (C=O) groups excluding carboxylic acids is 2. The van der Waals surface area contributed by atoms with Crippen LogP contribution >= 0.6 is 0 Å². The number of carboxylic acid groups (broad SMARTS) is 1. The molecule has 0 fully saturated rings. The molecule has 0 atom stereocenters. The third-order valence-corrected chi connectivity index (χ3v) is 1.88. The molecule has 86 valence electrons. The molecule has 1 aromatic rings. The first kappa shape index (κ1) is 16.1. The third-order valence-electron chi connectivity index (χ3n) is 1.51. The number of carboxylic acids is 1. The van der Waals surface area contributed by atoms with Crippen LogP contribution in [0.4, 0.5) is 0 Å². The maximum Gasteiger partial charge on any atom is 1.00 e. The van der Waals surface area contributed by atoms with Gasteiger partial charge in [-0.1, -0.05) is 12.1 Å². The Morgan fingerprint density at radius 2 is 1.76 bits per heavy atom. The van der Waals surface area contributed by atoms with E-state index >= 15 is 0 Å². The summed E-state index contributed by atoms with van der Waals surface area (Å²) in [6.07, 6.45) is 0. The van der Waals surface area contributed by atoms with Gasteiger partial charge < -0.3 is 14.1 Å². The normalized spacial score (nSPS) is 10.2. The second kappa shape index (κ2) is 6.12. The topological polar surface area (TPSA) is 121 Å². The summed E-state index contributed by atoms with van der Waals surface area (Å²) in [7, 11) is -4.92. The van der Waals surface area contributed by atoms with Gasteiger partial charge in [-0.2, -0.15) is 8.42 Å². The molecule has 0 radical (unpaired) electrons. The first-order valence-corrected chi connectivity index (χ1v) is 5.19. The van der Waals surface area contributed by atoms with Gasteiger partial charge in [0, 0.05) is 0 Å². The van der Waals surface area contributed by atoms with E-state index in [0.717, 1.165) is 18.2 Å². The van der Waals surface area contributed by atoms with Crippen molar-refractivity contribution in [1.82, 2.24) is 0 Å². The van der Waals surface area contributed by atoms with E-state index in [2.05, 4.69) is 4.18 Å². The zero-order valence-electron chi connectivity index (χ0n) is 8.61. The van der Waals surface area contributed by atoms with Crippen LogP contribution in [0, 0.1) is 0 Å². The fraction of sp³-hybridized carbons (Fsp3) is 0. The maximum absolute atomic E-state index is 11.1. The van der Waals surface area contributed by atoms with E-state index in [4.69, 9.17) is 4.55 Å². The molecule has 7 nitrogen and oxygen atoms in total. The van der Waals surface area contributed by atoms with Crippen molar-refractivity contribution < 1.29 is 61.4 Å². The van der Waals surface area contributed by atoms with Crippen LogP contribution in [0.25, 0.3) is 0 Å². The molecule has 1 aromatic carbocycles. The van der Waals surface area contributed by atoms with Gasteiger partial charge in [0.2, 0.25) is 0 Å². The second-order valence-electron chi connectivity index (χ2n) is 2.67. The molecular weight excluding hydrogens is 263 g/mol. The molecule has 0 saturated heterocycles. The van der Waals surface area contributed by atoms with Crippen molar-refractivity contribution in [1.29, 1.82) is 0 Å². The van der Waals surface area contributed by atoms with Crippen LogP contribution in [-0.2, 0) is 14.6 Å². The molecule has 0 saturated carbocycles. The molecule has 0 amide bonds. The minimum atomic E-state index is -4.92. The molecule has 0 aliphatic heterocycles. The molecule has 0 heterocycles. The van der Waals surface area contributed by atoms with Crippen LogP contribution in [0.15, 0.2) is 24.3 Å². The summed E-state index contributed by atoms with van der Waals surface area (Å²) in [5.41, 5.74) is -0.649. The Bertz CT molecular complexity index is 537. The van der Waals surface area contributed by atoms with E-state index in [0.29, 0.717) is 0 Å². The molecule has 9 heteroatoms. The number of benzene rings is 1. The summed E-state index contributed by atoms with van der Waals surface area (Å²) in [6.45, 7) is 0. The number of hydrogen-bond acceptors (Lipinski definition) is 6. The van der Waals surface area contributed by atoms with Gasteiger partial charge >= 0.3 is 45.9 Å². The summed E-state index contributed by atoms with van der Waals surface area (Å²) in [6, 6.07) is 4.34. The zero-order chi connectivity index (χ0) is 12.3. The minimum absolute atomic E-state index is 0. The Morgan fingerprint density at radius 1 is 1.24 bits per heavy atom. The number of hydrogen-bond donors (Lipinski definition) is 1. The first-order chi connectivity index (χ1) is 7.29. The summed E-state index contributed by atoms with van der Waals surface area (Å²) in [4.78, 5) is 21.5. The van der Waals surface area contributed by atoms with Crippen LogP contribution < -0.4 is 34.7 Å². The molecular formula is C8H5NaO7S. The monoisotopic (exact) mass is 268 g/mol. The summed E-state index contributed by atoms with van der Waals surface area (Å²) in [5, 5.41) is 10.4. The van der Waals surface area contributed by atoms with Gasteiger partial charge in [0.25, 0.3) is 0 Å². The predicted molar refractivity (Wildman–Crippen MR) is 47.7 cm³/mol. The van der Waals surface area contributed by atoms with Crippen molar-refractivity contribution in [2.75, 3.05) is 0 Å². The van der Waals surface area contributed by atoms with Gasteiger partial charge in [-0.25, -0.2) is 4.79 Å². The van der Waals surface area contributed by atoms with Gasteiger partial charge in [-0.05, 0) is 17.7 Å². The van der Waals surface area contributed by atoms with E-state index in [1.807, 2.05) is 0 Å². The van der Waals surface area contributed by atoms with Gasteiger partial charge in [0.05, 0.1) is 11.5 Å². The predicted octanol–water partition coefficient (Wildman–Crippen LogP) is -3.99. The summed E-state index contributed by atoms with van der Waals surface area (Å²) >= 11 is 0. The Labute approximate surface area is 119 Å². The molecule has 0 aliphatic rings. The molecule has 1 N–H and O–H groups in total. The number of aromatic carboxylic acids is 1. The van der Waals surface area contributed by atoms with Crippen LogP contribution in [-0.4, -0.2) is 24.9 Å². The van der Waals surface area contributed by atoms with Crippen molar-refractivity contribution in [2.45, 2.75) is 0 Å². The zero-order valence-corrected chi connectivity index (χ0v) is 11.4. The fourth-order valence-electron chi connectivity index (χ4n) is 0.917. The maximum atomic E-state index is 11.1. The molecule has 0 aliphatic carbocycles. The molecule has 1 rings (SSSR count). The average Bonchev–Trinajstić information content (AvgIpc) is 2.15. The van der Waals surface area contributed by atoms with Gasteiger partial charge in [-0.15, -0.1) is 0 Å². The van der Waals surface area contributed by atoms with Gasteiger partial charge in [0.1, 0.15) is 0 Å². The Balaban J connectivity index is 0.00000256. The van der Waals surface area contributed by atoms with Gasteiger partial charge in [0.15, 0.2) is 0 Å². The standard InChI is InChI=1S/C8H6O7S.Na/c9-7(10)5-2-1-3-6(4-5)8(11)15-16(12,13)14;/h1-4H,(H,9,10)(H,12,13,14);/q;+1/p-1. The van der Waals surface area contributed by atoms with E-state index in [1.165, 1.54) is 6.07 Å². The number of carbonyl (C=O) groups is 2. The largest absolute Gasteiger partial charge is 1.00 e. The second-order valence-corrected chi connectivity index (χ2v) is 3.69. The van der Waals surface area contributed by atoms with Crippen molar-refractivity contribution in [2.24, 2.45) is 0 Å². The van der Waals surface area contributed by atoms with Crippen LogP contribution in [0.3, 0.4) is 0 Å². The van der Waals surface area contributed by atoms with Gasteiger partial charge in [-0.3, -0.25) is 4.55 Å². The SMILES string of the molecule is O=C([O-])c1cccc(C(=O)OS(=O)(=O)O)c1.[Na+]. The van der Waals surface area contributed by atoms with E-state index in [9.17, 15) is 23.1 Å². The molecule has 17 heavy (non-hydrogen) atoms. The Morgan fingerprint density at radius 3 is 2.24 bits per heavy atom. The van der Waals surface area contributed by atoms with Crippen molar-refractivity contribution in [3.8, 4) is 0 Å².